The summed E-state index contributed by atoms with van der Waals surface area (Å²) >= 11 is 0. The van der Waals surface area contributed by atoms with Crippen LogP contribution in [0.15, 0.2) is 12.2 Å². The van der Waals surface area contributed by atoms with E-state index in [1.54, 1.807) is 0 Å². The number of rotatable bonds is 11. The predicted octanol–water partition coefficient (Wildman–Crippen LogP) is 4.55. The molecular formula is C14H26MnO2. The van der Waals surface area contributed by atoms with Crippen molar-refractivity contribution in [1.29, 1.82) is 0 Å². The first-order valence-corrected chi connectivity index (χ1v) is 6.64. The van der Waals surface area contributed by atoms with Crippen molar-refractivity contribution in [2.24, 2.45) is 0 Å². The molecule has 0 aromatic rings. The number of hydrogen-bond donors (Lipinski definition) is 1. The average molecular weight is 281 g/mol. The van der Waals surface area contributed by atoms with Crippen LogP contribution >= 0.6 is 0 Å². The van der Waals surface area contributed by atoms with Crippen LogP contribution in [0.3, 0.4) is 0 Å². The maximum absolute atomic E-state index is 10.3. The maximum atomic E-state index is 10.3. The Balaban J connectivity index is 0. The molecule has 2 nitrogen and oxygen atoms in total. The molecule has 0 aliphatic rings. The minimum absolute atomic E-state index is 0. The van der Waals surface area contributed by atoms with E-state index in [0.29, 0.717) is 6.42 Å². The fourth-order valence-electron chi connectivity index (χ4n) is 1.63. The van der Waals surface area contributed by atoms with Gasteiger partial charge in [-0.1, -0.05) is 51.2 Å². The third-order valence-corrected chi connectivity index (χ3v) is 2.65. The molecule has 0 rings (SSSR count). The molecule has 101 valence electrons. The van der Waals surface area contributed by atoms with E-state index in [1.807, 2.05) is 0 Å². The molecule has 0 saturated heterocycles. The largest absolute Gasteiger partial charge is 0.481 e. The van der Waals surface area contributed by atoms with Gasteiger partial charge in [0.1, 0.15) is 0 Å². The number of carboxylic acid groups (broad SMARTS) is 1. The van der Waals surface area contributed by atoms with Gasteiger partial charge in [-0.25, -0.2) is 0 Å². The Bertz CT molecular complexity index is 191. The van der Waals surface area contributed by atoms with Crippen molar-refractivity contribution in [3.63, 3.8) is 0 Å². The second-order valence-corrected chi connectivity index (χ2v) is 4.31. The zero-order valence-corrected chi connectivity index (χ0v) is 12.1. The van der Waals surface area contributed by atoms with E-state index in [1.165, 1.54) is 44.9 Å². The number of allylic oxidation sites excluding steroid dienone is 2. The van der Waals surface area contributed by atoms with Crippen LogP contribution in [0.5, 0.6) is 0 Å². The van der Waals surface area contributed by atoms with E-state index in [4.69, 9.17) is 5.11 Å². The third kappa shape index (κ3) is 18.3. The summed E-state index contributed by atoms with van der Waals surface area (Å²) in [4.78, 5) is 10.3. The normalized spacial score (nSPS) is 10.4. The molecule has 0 atom stereocenters. The van der Waals surface area contributed by atoms with Gasteiger partial charge in [0, 0.05) is 23.5 Å². The molecule has 0 aliphatic carbocycles. The summed E-state index contributed by atoms with van der Waals surface area (Å²) in [5.74, 6) is -0.668. The molecule has 0 unspecified atom stereocenters. The van der Waals surface area contributed by atoms with Crippen molar-refractivity contribution in [3.05, 3.63) is 12.2 Å². The molecule has 17 heavy (non-hydrogen) atoms. The van der Waals surface area contributed by atoms with Gasteiger partial charge in [-0.3, -0.25) is 4.79 Å². The Hall–Kier alpha value is -0.271. The Kier molecular flexibility index (Phi) is 17.7. The van der Waals surface area contributed by atoms with Gasteiger partial charge in [0.15, 0.2) is 0 Å². The van der Waals surface area contributed by atoms with Gasteiger partial charge in [0.25, 0.3) is 0 Å². The van der Waals surface area contributed by atoms with Crippen LogP contribution in [0, 0.1) is 0 Å². The molecule has 0 amide bonds. The number of carboxylic acids is 1. The minimum Gasteiger partial charge on any atom is -0.481 e. The van der Waals surface area contributed by atoms with Gasteiger partial charge in [-0.2, -0.15) is 0 Å². The second-order valence-electron chi connectivity index (χ2n) is 4.31. The number of unbranched alkanes of at least 4 members (excludes halogenated alkanes) is 7. The van der Waals surface area contributed by atoms with Crippen molar-refractivity contribution in [2.45, 2.75) is 71.1 Å². The van der Waals surface area contributed by atoms with Crippen molar-refractivity contribution >= 4 is 5.97 Å². The smallest absolute Gasteiger partial charge is 0.303 e. The molecule has 1 N–H and O–H groups in total. The predicted molar refractivity (Wildman–Crippen MR) is 68.6 cm³/mol. The molecule has 0 spiro atoms. The first-order valence-electron chi connectivity index (χ1n) is 6.64. The molecular weight excluding hydrogens is 255 g/mol. The fourth-order valence-corrected chi connectivity index (χ4v) is 1.63. The van der Waals surface area contributed by atoms with Crippen molar-refractivity contribution < 1.29 is 27.0 Å². The minimum atomic E-state index is -0.668. The Morgan fingerprint density at radius 3 is 2.06 bits per heavy atom. The zero-order chi connectivity index (χ0) is 12.1. The van der Waals surface area contributed by atoms with Crippen LogP contribution in [0.25, 0.3) is 0 Å². The molecule has 0 fully saturated rings. The topological polar surface area (TPSA) is 37.3 Å². The van der Waals surface area contributed by atoms with E-state index in [-0.39, 0.29) is 17.1 Å². The van der Waals surface area contributed by atoms with E-state index >= 15 is 0 Å². The van der Waals surface area contributed by atoms with E-state index < -0.39 is 5.97 Å². The first-order chi connectivity index (χ1) is 7.77. The molecule has 0 bridgehead atoms. The summed E-state index contributed by atoms with van der Waals surface area (Å²) in [7, 11) is 0. The Morgan fingerprint density at radius 1 is 0.941 bits per heavy atom. The van der Waals surface area contributed by atoms with Crippen molar-refractivity contribution in [1.82, 2.24) is 0 Å². The first kappa shape index (κ1) is 19.1. The van der Waals surface area contributed by atoms with E-state index in [2.05, 4.69) is 19.1 Å². The van der Waals surface area contributed by atoms with Crippen LogP contribution in [0.4, 0.5) is 0 Å². The van der Waals surface area contributed by atoms with Crippen LogP contribution in [0.1, 0.15) is 71.1 Å². The summed E-state index contributed by atoms with van der Waals surface area (Å²) in [6, 6.07) is 0. The SMILES string of the molecule is CCCC/C=C\CCCCCCCC(=O)O.[Mn]. The summed E-state index contributed by atoms with van der Waals surface area (Å²) in [6.07, 6.45) is 15.4. The summed E-state index contributed by atoms with van der Waals surface area (Å²) in [5, 5.41) is 8.45. The molecule has 0 aromatic heterocycles. The molecule has 0 heterocycles. The second kappa shape index (κ2) is 15.7. The quantitative estimate of drug-likeness (QED) is 0.343. The summed E-state index contributed by atoms with van der Waals surface area (Å²) < 4.78 is 0. The van der Waals surface area contributed by atoms with Gasteiger partial charge < -0.3 is 5.11 Å². The third-order valence-electron chi connectivity index (χ3n) is 2.65. The molecule has 3 heteroatoms. The number of carbonyl (C=O) groups is 1. The van der Waals surface area contributed by atoms with Crippen LogP contribution in [-0.2, 0) is 21.9 Å². The van der Waals surface area contributed by atoms with Crippen LogP contribution < -0.4 is 0 Å². The number of hydrogen-bond acceptors (Lipinski definition) is 1. The van der Waals surface area contributed by atoms with Gasteiger partial charge in [0.05, 0.1) is 0 Å². The van der Waals surface area contributed by atoms with Crippen LogP contribution in [0.2, 0.25) is 0 Å². The number of aliphatic carboxylic acids is 1. The van der Waals surface area contributed by atoms with Gasteiger partial charge >= 0.3 is 5.97 Å². The van der Waals surface area contributed by atoms with Crippen molar-refractivity contribution in [3.8, 4) is 0 Å². The maximum Gasteiger partial charge on any atom is 0.303 e. The summed E-state index contributed by atoms with van der Waals surface area (Å²) in [5.41, 5.74) is 0. The Morgan fingerprint density at radius 2 is 1.47 bits per heavy atom. The fraction of sp³-hybridized carbons (Fsp3) is 0.786. The van der Waals surface area contributed by atoms with Gasteiger partial charge in [-0.05, 0) is 25.7 Å². The van der Waals surface area contributed by atoms with Crippen molar-refractivity contribution in [2.75, 3.05) is 0 Å². The standard InChI is InChI=1S/C14H26O2.Mn/c1-2-3-4-5-6-7-8-9-10-11-12-13-14(15)16;/h5-6H,2-4,7-13H2,1H3,(H,15,16);/b6-5-;. The zero-order valence-electron chi connectivity index (χ0n) is 11.0. The Labute approximate surface area is 116 Å². The monoisotopic (exact) mass is 281 g/mol. The van der Waals surface area contributed by atoms with Crippen LogP contribution in [-0.4, -0.2) is 11.1 Å². The average Bonchev–Trinajstić information content (AvgIpc) is 2.25. The molecule has 1 radical (unpaired) electrons. The van der Waals surface area contributed by atoms with Gasteiger partial charge in [-0.15, -0.1) is 0 Å². The molecule has 0 aromatic carbocycles. The molecule has 0 saturated carbocycles. The van der Waals surface area contributed by atoms with E-state index in [0.717, 1.165) is 12.8 Å². The molecule has 0 aliphatic heterocycles. The van der Waals surface area contributed by atoms with Gasteiger partial charge in [0.2, 0.25) is 0 Å². The van der Waals surface area contributed by atoms with E-state index in [9.17, 15) is 4.79 Å². The summed E-state index contributed by atoms with van der Waals surface area (Å²) in [6.45, 7) is 2.21.